The quantitative estimate of drug-likeness (QED) is 0.849. The molecule has 0 spiro atoms. The summed E-state index contributed by atoms with van der Waals surface area (Å²) < 4.78 is 5.95. The summed E-state index contributed by atoms with van der Waals surface area (Å²) in [5.41, 5.74) is 2.86. The zero-order chi connectivity index (χ0) is 18.1. The lowest BCUT2D eigenvalue weighted by atomic mass is 9.88. The molecule has 1 saturated carbocycles. The van der Waals surface area contributed by atoms with Crippen LogP contribution in [0.1, 0.15) is 12.8 Å². The van der Waals surface area contributed by atoms with Crippen LogP contribution < -0.4 is 10.1 Å². The summed E-state index contributed by atoms with van der Waals surface area (Å²) in [6, 6.07) is 10.3. The monoisotopic (exact) mass is 356 g/mol. The molecule has 27 heavy (non-hydrogen) atoms. The Bertz CT molecular complexity index is 888. The SMILES string of the molecule is C1=CC=C([C@@H]2N=C(COc3ccccc3)N[C@@H]2C2=CC=CC3CC23)CC=C1. The van der Waals surface area contributed by atoms with Crippen LogP contribution in [-0.4, -0.2) is 24.5 Å². The Labute approximate surface area is 160 Å². The van der Waals surface area contributed by atoms with Gasteiger partial charge in [0.2, 0.25) is 0 Å². The van der Waals surface area contributed by atoms with E-state index < -0.39 is 0 Å². The summed E-state index contributed by atoms with van der Waals surface area (Å²) in [4.78, 5) is 5.06. The molecule has 4 aliphatic rings. The molecule has 1 heterocycles. The number of amidine groups is 1. The molecule has 4 atom stereocenters. The largest absolute Gasteiger partial charge is 0.486 e. The second-order valence-electron chi connectivity index (χ2n) is 7.56. The molecule has 1 N–H and O–H groups in total. The van der Waals surface area contributed by atoms with Gasteiger partial charge in [0, 0.05) is 0 Å². The first-order chi connectivity index (χ1) is 13.4. The molecule has 1 aromatic rings. The first kappa shape index (κ1) is 16.4. The summed E-state index contributed by atoms with van der Waals surface area (Å²) in [6.07, 6.45) is 19.9. The molecule has 0 radical (unpaired) electrons. The Morgan fingerprint density at radius 1 is 1.04 bits per heavy atom. The third-order valence-corrected chi connectivity index (χ3v) is 5.73. The normalized spacial score (nSPS) is 30.6. The minimum Gasteiger partial charge on any atom is -0.486 e. The molecule has 5 rings (SSSR count). The van der Waals surface area contributed by atoms with E-state index in [0.717, 1.165) is 23.9 Å². The number of rotatable bonds is 5. The number of nitrogens with zero attached hydrogens (tertiary/aromatic N) is 1. The zero-order valence-electron chi connectivity index (χ0n) is 15.3. The first-order valence-electron chi connectivity index (χ1n) is 9.80. The number of hydrogen-bond donors (Lipinski definition) is 1. The number of hydrogen-bond acceptors (Lipinski definition) is 3. The van der Waals surface area contributed by atoms with Crippen molar-refractivity contribution in [2.24, 2.45) is 16.8 Å². The van der Waals surface area contributed by atoms with Crippen molar-refractivity contribution in [2.45, 2.75) is 24.9 Å². The summed E-state index contributed by atoms with van der Waals surface area (Å²) in [5, 5.41) is 3.69. The summed E-state index contributed by atoms with van der Waals surface area (Å²) in [5.74, 6) is 3.25. The van der Waals surface area contributed by atoms with Crippen molar-refractivity contribution < 1.29 is 4.74 Å². The van der Waals surface area contributed by atoms with E-state index in [9.17, 15) is 0 Å². The third kappa shape index (κ3) is 3.42. The second-order valence-corrected chi connectivity index (χ2v) is 7.56. The maximum Gasteiger partial charge on any atom is 0.145 e. The lowest BCUT2D eigenvalue weighted by molar-refractivity contribution is 0.373. The van der Waals surface area contributed by atoms with E-state index in [-0.39, 0.29) is 12.1 Å². The zero-order valence-corrected chi connectivity index (χ0v) is 15.3. The topological polar surface area (TPSA) is 33.6 Å². The molecule has 136 valence electrons. The van der Waals surface area contributed by atoms with Crippen molar-refractivity contribution in [2.75, 3.05) is 6.61 Å². The Kier molecular flexibility index (Phi) is 4.29. The molecule has 0 saturated heterocycles. The Morgan fingerprint density at radius 3 is 2.89 bits per heavy atom. The van der Waals surface area contributed by atoms with E-state index in [1.54, 1.807) is 0 Å². The number of benzene rings is 1. The second kappa shape index (κ2) is 7.07. The van der Waals surface area contributed by atoms with Gasteiger partial charge in [0.15, 0.2) is 0 Å². The molecule has 3 nitrogen and oxygen atoms in total. The van der Waals surface area contributed by atoms with Gasteiger partial charge < -0.3 is 10.1 Å². The van der Waals surface area contributed by atoms with Gasteiger partial charge in [0.25, 0.3) is 0 Å². The van der Waals surface area contributed by atoms with Gasteiger partial charge in [0.1, 0.15) is 18.2 Å². The van der Waals surface area contributed by atoms with E-state index in [1.165, 1.54) is 17.6 Å². The van der Waals surface area contributed by atoms with E-state index in [4.69, 9.17) is 9.73 Å². The van der Waals surface area contributed by atoms with Gasteiger partial charge in [-0.3, -0.25) is 4.99 Å². The number of allylic oxidation sites excluding steroid dienone is 8. The molecule has 2 unspecified atom stereocenters. The van der Waals surface area contributed by atoms with Crippen molar-refractivity contribution in [3.63, 3.8) is 0 Å². The maximum atomic E-state index is 5.95. The Morgan fingerprint density at radius 2 is 1.96 bits per heavy atom. The van der Waals surface area contributed by atoms with E-state index in [2.05, 4.69) is 53.9 Å². The van der Waals surface area contributed by atoms with Crippen LogP contribution in [0, 0.1) is 11.8 Å². The van der Waals surface area contributed by atoms with Gasteiger partial charge in [-0.1, -0.05) is 66.8 Å². The molecule has 3 aliphatic carbocycles. The summed E-state index contributed by atoms with van der Waals surface area (Å²) >= 11 is 0. The maximum absolute atomic E-state index is 5.95. The van der Waals surface area contributed by atoms with Gasteiger partial charge in [-0.2, -0.15) is 0 Å². The molecule has 0 bridgehead atoms. The molecule has 1 fully saturated rings. The molecule has 3 heteroatoms. The van der Waals surface area contributed by atoms with Gasteiger partial charge >= 0.3 is 0 Å². The number of aliphatic imine (C=N–C) groups is 1. The fraction of sp³-hybridized carbons (Fsp3) is 0.292. The lowest BCUT2D eigenvalue weighted by Crippen LogP contribution is -2.39. The van der Waals surface area contributed by atoms with Gasteiger partial charge in [-0.05, 0) is 48.0 Å². The first-order valence-corrected chi connectivity index (χ1v) is 9.80. The molecule has 1 aromatic carbocycles. The van der Waals surface area contributed by atoms with Gasteiger partial charge in [-0.25, -0.2) is 0 Å². The van der Waals surface area contributed by atoms with Crippen molar-refractivity contribution in [1.29, 1.82) is 0 Å². The average Bonchev–Trinajstić information content (AvgIpc) is 3.46. The van der Waals surface area contributed by atoms with E-state index >= 15 is 0 Å². The Balaban J connectivity index is 1.38. The highest BCUT2D eigenvalue weighted by molar-refractivity contribution is 5.87. The number of nitrogens with one attached hydrogen (secondary N) is 1. The van der Waals surface area contributed by atoms with Crippen LogP contribution in [-0.2, 0) is 0 Å². The Hall–Kier alpha value is -2.81. The highest BCUT2D eigenvalue weighted by Crippen LogP contribution is 2.49. The summed E-state index contributed by atoms with van der Waals surface area (Å²) in [7, 11) is 0. The lowest BCUT2D eigenvalue weighted by Gasteiger charge is -2.25. The fourth-order valence-electron chi connectivity index (χ4n) is 4.24. The predicted octanol–water partition coefficient (Wildman–Crippen LogP) is 4.38. The average molecular weight is 356 g/mol. The molecular formula is C24H24N2O. The van der Waals surface area contributed by atoms with Crippen LogP contribution in [0.25, 0.3) is 0 Å². The summed E-state index contributed by atoms with van der Waals surface area (Å²) in [6.45, 7) is 0.479. The molecule has 0 aromatic heterocycles. The third-order valence-electron chi connectivity index (χ3n) is 5.73. The molecule has 1 aliphatic heterocycles. The number of fused-ring (bicyclic) bond motifs is 1. The predicted molar refractivity (Wildman–Crippen MR) is 110 cm³/mol. The fourth-order valence-corrected chi connectivity index (χ4v) is 4.24. The number of ether oxygens (including phenoxy) is 1. The molecular weight excluding hydrogens is 332 g/mol. The minimum absolute atomic E-state index is 0.144. The van der Waals surface area contributed by atoms with Crippen LogP contribution in [0.3, 0.4) is 0 Å². The highest BCUT2D eigenvalue weighted by Gasteiger charge is 2.45. The van der Waals surface area contributed by atoms with E-state index in [0.29, 0.717) is 12.5 Å². The van der Waals surface area contributed by atoms with Crippen LogP contribution >= 0.6 is 0 Å². The van der Waals surface area contributed by atoms with E-state index in [1.807, 2.05) is 30.3 Å². The number of para-hydroxylation sites is 1. The van der Waals surface area contributed by atoms with Crippen molar-refractivity contribution in [3.8, 4) is 5.75 Å². The van der Waals surface area contributed by atoms with Crippen LogP contribution in [0.2, 0.25) is 0 Å². The van der Waals surface area contributed by atoms with Crippen LogP contribution in [0.4, 0.5) is 0 Å². The standard InChI is InChI=1S/C24H24N2O/c1-2-5-10-17(9-4-1)23-24(20-14-8-11-18-15-21(18)20)26-22(25-23)16-27-19-12-6-3-7-13-19/h1-9,11-14,18,21,23-24H,10,15-16H2,(H,25,26)/t18?,21?,23-,24+/m0/s1. The van der Waals surface area contributed by atoms with Gasteiger partial charge in [0.05, 0.1) is 12.1 Å². The smallest absolute Gasteiger partial charge is 0.145 e. The van der Waals surface area contributed by atoms with Crippen LogP contribution in [0.15, 0.2) is 95.1 Å². The minimum atomic E-state index is 0.144. The highest BCUT2D eigenvalue weighted by atomic mass is 16.5. The van der Waals surface area contributed by atoms with Crippen molar-refractivity contribution >= 4 is 5.84 Å². The van der Waals surface area contributed by atoms with Crippen LogP contribution in [0.5, 0.6) is 5.75 Å². The van der Waals surface area contributed by atoms with Gasteiger partial charge in [-0.15, -0.1) is 0 Å². The molecule has 0 amide bonds. The van der Waals surface area contributed by atoms with Crippen molar-refractivity contribution in [1.82, 2.24) is 5.32 Å². The van der Waals surface area contributed by atoms with Crippen molar-refractivity contribution in [3.05, 3.63) is 90.1 Å².